The zero-order valence-corrected chi connectivity index (χ0v) is 17.4. The van der Waals surface area contributed by atoms with Crippen molar-refractivity contribution in [2.24, 2.45) is 0 Å². The summed E-state index contributed by atoms with van der Waals surface area (Å²) in [5.74, 6) is -0.669. The molecule has 4 rings (SSSR count). The minimum absolute atomic E-state index is 0.110. The Bertz CT molecular complexity index is 1320. The number of nitro benzene ring substituents is 1. The molecule has 0 saturated heterocycles. The number of anilines is 1. The molecule has 4 aromatic rings. The van der Waals surface area contributed by atoms with E-state index in [1.54, 1.807) is 49.4 Å². The molecule has 33 heavy (non-hydrogen) atoms. The average molecular weight is 447 g/mol. The summed E-state index contributed by atoms with van der Waals surface area (Å²) < 4.78 is 21.2. The Morgan fingerprint density at radius 2 is 1.88 bits per heavy atom. The molecule has 0 spiro atoms. The highest BCUT2D eigenvalue weighted by atomic mass is 19.1. The maximum absolute atomic E-state index is 14.4. The second kappa shape index (κ2) is 9.27. The highest BCUT2D eigenvalue weighted by Crippen LogP contribution is 2.26. The molecule has 3 aromatic carbocycles. The first-order valence-corrected chi connectivity index (χ1v) is 9.97. The van der Waals surface area contributed by atoms with Crippen LogP contribution in [0.25, 0.3) is 17.1 Å². The lowest BCUT2D eigenvalue weighted by atomic mass is 10.2. The molecule has 0 saturated carbocycles. The molecule has 1 aromatic heterocycles. The largest absolute Gasteiger partial charge is 0.463 e. The van der Waals surface area contributed by atoms with E-state index in [-0.39, 0.29) is 28.6 Å². The smallest absolute Gasteiger partial charge is 0.336 e. The second-order valence-electron chi connectivity index (χ2n) is 6.85. The van der Waals surface area contributed by atoms with Crippen LogP contribution in [0.1, 0.15) is 17.3 Å². The van der Waals surface area contributed by atoms with E-state index >= 15 is 0 Å². The van der Waals surface area contributed by atoms with E-state index in [1.807, 2.05) is 0 Å². The molecule has 1 N–H and O–H groups in total. The predicted octanol–water partition coefficient (Wildman–Crippen LogP) is 4.63. The Labute approximate surface area is 187 Å². The quantitative estimate of drug-likeness (QED) is 0.326. The van der Waals surface area contributed by atoms with Crippen molar-refractivity contribution in [3.63, 3.8) is 0 Å². The van der Waals surface area contributed by atoms with Gasteiger partial charge >= 0.3 is 6.01 Å². The van der Waals surface area contributed by atoms with E-state index in [2.05, 4.69) is 15.4 Å². The van der Waals surface area contributed by atoms with Gasteiger partial charge in [-0.3, -0.25) is 14.9 Å². The van der Waals surface area contributed by atoms with Crippen LogP contribution in [0.2, 0.25) is 0 Å². The number of amides is 1. The van der Waals surface area contributed by atoms with E-state index in [4.69, 9.17) is 4.74 Å². The van der Waals surface area contributed by atoms with Gasteiger partial charge in [0.05, 0.1) is 22.8 Å². The number of halogens is 1. The first-order valence-electron chi connectivity index (χ1n) is 9.97. The number of nitrogens with zero attached hydrogens (tertiary/aromatic N) is 4. The summed E-state index contributed by atoms with van der Waals surface area (Å²) in [4.78, 5) is 27.1. The molecule has 1 amide bonds. The molecule has 0 fully saturated rings. The molecule has 10 heteroatoms. The summed E-state index contributed by atoms with van der Waals surface area (Å²) in [5.41, 5.74) is 1.29. The number of carbonyl (C=O) groups is 1. The van der Waals surface area contributed by atoms with Crippen LogP contribution in [0.4, 0.5) is 15.8 Å². The maximum Gasteiger partial charge on any atom is 0.336 e. The summed E-state index contributed by atoms with van der Waals surface area (Å²) in [7, 11) is 0. The number of benzene rings is 3. The van der Waals surface area contributed by atoms with Gasteiger partial charge in [0, 0.05) is 23.4 Å². The number of aromatic nitrogens is 3. The van der Waals surface area contributed by atoms with Gasteiger partial charge in [-0.1, -0.05) is 18.2 Å². The van der Waals surface area contributed by atoms with Gasteiger partial charge < -0.3 is 10.1 Å². The van der Waals surface area contributed by atoms with E-state index in [0.717, 1.165) is 0 Å². The third-order valence-electron chi connectivity index (χ3n) is 4.66. The van der Waals surface area contributed by atoms with Crippen LogP contribution >= 0.6 is 0 Å². The maximum atomic E-state index is 14.4. The Hall–Kier alpha value is -4.60. The van der Waals surface area contributed by atoms with Crippen LogP contribution in [0.5, 0.6) is 6.01 Å². The number of nitrogens with one attached hydrogen (secondary N) is 1. The van der Waals surface area contributed by atoms with Crippen LogP contribution in [0.3, 0.4) is 0 Å². The lowest BCUT2D eigenvalue weighted by Gasteiger charge is -2.09. The zero-order chi connectivity index (χ0) is 23.4. The zero-order valence-electron chi connectivity index (χ0n) is 17.4. The molecule has 0 atom stereocenters. The lowest BCUT2D eigenvalue weighted by Crippen LogP contribution is -2.12. The van der Waals surface area contributed by atoms with Crippen LogP contribution in [0.15, 0.2) is 72.8 Å². The first-order chi connectivity index (χ1) is 16.0. The van der Waals surface area contributed by atoms with Crippen LogP contribution in [-0.2, 0) is 0 Å². The molecule has 9 nitrogen and oxygen atoms in total. The summed E-state index contributed by atoms with van der Waals surface area (Å²) in [6.45, 7) is 2.14. The van der Waals surface area contributed by atoms with Crippen molar-refractivity contribution in [1.82, 2.24) is 14.8 Å². The number of carbonyl (C=O) groups excluding carboxylic acids is 1. The van der Waals surface area contributed by atoms with Crippen LogP contribution in [-0.4, -0.2) is 32.2 Å². The van der Waals surface area contributed by atoms with E-state index in [1.165, 1.54) is 35.0 Å². The summed E-state index contributed by atoms with van der Waals surface area (Å²) in [6.07, 6.45) is 0. The minimum Gasteiger partial charge on any atom is -0.463 e. The fourth-order valence-corrected chi connectivity index (χ4v) is 3.13. The molecule has 0 aliphatic heterocycles. The van der Waals surface area contributed by atoms with Crippen molar-refractivity contribution in [2.45, 2.75) is 6.92 Å². The van der Waals surface area contributed by atoms with Crippen molar-refractivity contribution in [2.75, 3.05) is 11.9 Å². The number of non-ortho nitro benzene ring substituents is 1. The number of ether oxygens (including phenoxy) is 1. The summed E-state index contributed by atoms with van der Waals surface area (Å²) >= 11 is 0. The highest BCUT2D eigenvalue weighted by Gasteiger charge is 2.18. The molecule has 0 aliphatic rings. The Balaban J connectivity index is 1.61. The van der Waals surface area contributed by atoms with Crippen LogP contribution < -0.4 is 10.1 Å². The Morgan fingerprint density at radius 3 is 2.58 bits per heavy atom. The Kier molecular flexibility index (Phi) is 6.07. The number of rotatable bonds is 7. The summed E-state index contributed by atoms with van der Waals surface area (Å²) in [5, 5.41) is 17.9. The lowest BCUT2D eigenvalue weighted by molar-refractivity contribution is -0.384. The third-order valence-corrected chi connectivity index (χ3v) is 4.66. The van der Waals surface area contributed by atoms with Gasteiger partial charge in [-0.15, -0.1) is 5.10 Å². The van der Waals surface area contributed by atoms with E-state index in [9.17, 15) is 19.3 Å². The molecule has 166 valence electrons. The Morgan fingerprint density at radius 1 is 1.12 bits per heavy atom. The van der Waals surface area contributed by atoms with Gasteiger partial charge in [0.15, 0.2) is 5.82 Å². The second-order valence-corrected chi connectivity index (χ2v) is 6.85. The van der Waals surface area contributed by atoms with Crippen molar-refractivity contribution in [3.8, 4) is 23.1 Å². The molecule has 0 aliphatic carbocycles. The summed E-state index contributed by atoms with van der Waals surface area (Å²) in [6, 6.07) is 18.4. The monoisotopic (exact) mass is 447 g/mol. The van der Waals surface area contributed by atoms with E-state index in [0.29, 0.717) is 18.0 Å². The standard InChI is InChI=1S/C23H18FN5O4/c1-2-33-23-26-21(19-8-3-4-9-20(19)24)28(27-23)17-12-10-16(11-13-17)25-22(30)15-6-5-7-18(14-15)29(31)32/h3-14H,2H2,1H3,(H,25,30). The average Bonchev–Trinajstić information content (AvgIpc) is 3.24. The van der Waals surface area contributed by atoms with E-state index < -0.39 is 16.6 Å². The number of nitro groups is 1. The van der Waals surface area contributed by atoms with Crippen molar-refractivity contribution in [1.29, 1.82) is 0 Å². The van der Waals surface area contributed by atoms with Gasteiger partial charge in [0.25, 0.3) is 11.6 Å². The highest BCUT2D eigenvalue weighted by molar-refractivity contribution is 6.04. The third kappa shape index (κ3) is 4.69. The molecular weight excluding hydrogens is 429 g/mol. The normalized spacial score (nSPS) is 10.6. The fourth-order valence-electron chi connectivity index (χ4n) is 3.13. The fraction of sp³-hybridized carbons (Fsp3) is 0.0870. The minimum atomic E-state index is -0.562. The number of hydrogen-bond acceptors (Lipinski definition) is 6. The van der Waals surface area contributed by atoms with Crippen molar-refractivity contribution < 1.29 is 18.8 Å². The molecule has 0 unspecified atom stereocenters. The first kappa shape index (κ1) is 21.6. The van der Waals surface area contributed by atoms with Crippen molar-refractivity contribution in [3.05, 3.63) is 94.3 Å². The predicted molar refractivity (Wildman–Crippen MR) is 119 cm³/mol. The van der Waals surface area contributed by atoms with Gasteiger partial charge in [-0.25, -0.2) is 9.07 Å². The van der Waals surface area contributed by atoms with Gasteiger partial charge in [-0.05, 0) is 49.4 Å². The van der Waals surface area contributed by atoms with Gasteiger partial charge in [-0.2, -0.15) is 4.98 Å². The number of hydrogen-bond donors (Lipinski definition) is 1. The molecular formula is C23H18FN5O4. The van der Waals surface area contributed by atoms with Gasteiger partial charge in [0.1, 0.15) is 5.82 Å². The molecule has 0 radical (unpaired) electrons. The van der Waals surface area contributed by atoms with Gasteiger partial charge in [0.2, 0.25) is 0 Å². The molecule has 1 heterocycles. The SMILES string of the molecule is CCOc1nc(-c2ccccc2F)n(-c2ccc(NC(=O)c3cccc([N+](=O)[O-])c3)cc2)n1. The van der Waals surface area contributed by atoms with Crippen LogP contribution in [0, 0.1) is 15.9 Å². The topological polar surface area (TPSA) is 112 Å². The molecule has 0 bridgehead atoms. The van der Waals surface area contributed by atoms with Crippen molar-refractivity contribution >= 4 is 17.3 Å².